The van der Waals surface area contributed by atoms with Gasteiger partial charge >= 0.3 is 0 Å². The number of carbonyl (C=O) groups is 2. The average molecular weight is 352 g/mol. The number of rotatable bonds is 7. The summed E-state index contributed by atoms with van der Waals surface area (Å²) in [6.07, 6.45) is 6.84. The quantitative estimate of drug-likeness (QED) is 0.741. The Morgan fingerprint density at radius 3 is 2.69 bits per heavy atom. The number of benzene rings is 1. The van der Waals surface area contributed by atoms with Gasteiger partial charge < -0.3 is 10.6 Å². The highest BCUT2D eigenvalue weighted by molar-refractivity contribution is 6.08. The van der Waals surface area contributed by atoms with E-state index in [2.05, 4.69) is 21.7 Å². The second-order valence-electron chi connectivity index (χ2n) is 5.52. The molecule has 0 aliphatic heterocycles. The number of para-hydroxylation sites is 1. The fourth-order valence-corrected chi connectivity index (χ4v) is 2.24. The number of anilines is 1. The number of nitrogens with zero attached hydrogens (tertiary/aromatic N) is 2. The molecule has 0 spiro atoms. The van der Waals surface area contributed by atoms with Crippen molar-refractivity contribution in [2.24, 2.45) is 0 Å². The fourth-order valence-electron chi connectivity index (χ4n) is 2.24. The van der Waals surface area contributed by atoms with Crippen LogP contribution < -0.4 is 16.2 Å². The Bertz CT molecular complexity index is 896. The van der Waals surface area contributed by atoms with Gasteiger partial charge in [0.2, 0.25) is 0 Å². The summed E-state index contributed by atoms with van der Waals surface area (Å²) >= 11 is 0. The third kappa shape index (κ3) is 4.80. The summed E-state index contributed by atoms with van der Waals surface area (Å²) in [7, 11) is 0. The molecule has 0 aliphatic carbocycles. The summed E-state index contributed by atoms with van der Waals surface area (Å²) in [4.78, 5) is 36.4. The van der Waals surface area contributed by atoms with Crippen LogP contribution in [0.15, 0.2) is 41.2 Å². The van der Waals surface area contributed by atoms with Gasteiger partial charge in [0, 0.05) is 12.6 Å². The Kier molecular flexibility index (Phi) is 6.68. The molecule has 0 saturated heterocycles. The maximum atomic E-state index is 12.5. The fraction of sp³-hybridized carbons (Fsp3) is 0.263. The Labute approximate surface area is 151 Å². The molecule has 2 aromatic rings. The number of hydrogen-bond acceptors (Lipinski definition) is 4. The highest BCUT2D eigenvalue weighted by Gasteiger charge is 2.15. The summed E-state index contributed by atoms with van der Waals surface area (Å²) in [6, 6.07) is 9.24. The van der Waals surface area contributed by atoms with Crippen molar-refractivity contribution in [3.05, 3.63) is 58.0 Å². The first-order valence-electron chi connectivity index (χ1n) is 8.27. The van der Waals surface area contributed by atoms with Crippen LogP contribution in [0.5, 0.6) is 0 Å². The summed E-state index contributed by atoms with van der Waals surface area (Å²) < 4.78 is 1.27. The molecule has 1 aromatic carbocycles. The second kappa shape index (κ2) is 9.18. The molecule has 2 N–H and O–H groups in total. The van der Waals surface area contributed by atoms with E-state index in [1.807, 2.05) is 6.92 Å². The van der Waals surface area contributed by atoms with E-state index in [0.29, 0.717) is 12.2 Å². The molecule has 7 nitrogen and oxygen atoms in total. The molecule has 1 heterocycles. The van der Waals surface area contributed by atoms with Crippen LogP contribution >= 0.6 is 0 Å². The van der Waals surface area contributed by atoms with Gasteiger partial charge in [-0.3, -0.25) is 14.4 Å². The average Bonchev–Trinajstić information content (AvgIpc) is 2.65. The lowest BCUT2D eigenvalue weighted by atomic mass is 10.1. The van der Waals surface area contributed by atoms with Gasteiger partial charge in [-0.2, -0.15) is 5.10 Å². The van der Waals surface area contributed by atoms with E-state index in [9.17, 15) is 14.4 Å². The highest BCUT2D eigenvalue weighted by atomic mass is 16.2. The molecule has 0 unspecified atom stereocenters. The molecule has 0 fully saturated rings. The van der Waals surface area contributed by atoms with Crippen LogP contribution in [0.1, 0.15) is 40.6 Å². The van der Waals surface area contributed by atoms with E-state index in [4.69, 9.17) is 6.42 Å². The van der Waals surface area contributed by atoms with Crippen molar-refractivity contribution in [1.82, 2.24) is 15.1 Å². The third-order valence-electron chi connectivity index (χ3n) is 3.59. The molecule has 26 heavy (non-hydrogen) atoms. The lowest BCUT2D eigenvalue weighted by Gasteiger charge is -2.11. The minimum atomic E-state index is -0.507. The number of terminal acetylenes is 1. The van der Waals surface area contributed by atoms with Crippen LogP contribution in [0.4, 0.5) is 5.69 Å². The SMILES string of the molecule is C#CCNC(=O)c1ccccc1NC(=O)c1ccc(=O)n(CCCC)n1. The Hall–Kier alpha value is -3.40. The summed E-state index contributed by atoms with van der Waals surface area (Å²) in [5.74, 6) is 1.42. The lowest BCUT2D eigenvalue weighted by molar-refractivity contribution is 0.0959. The van der Waals surface area contributed by atoms with Gasteiger partial charge in [0.05, 0.1) is 17.8 Å². The maximum Gasteiger partial charge on any atom is 0.276 e. The number of hydrogen-bond donors (Lipinski definition) is 2. The molecule has 0 aliphatic rings. The molecule has 7 heteroatoms. The number of aromatic nitrogens is 2. The predicted molar refractivity (Wildman–Crippen MR) is 99.0 cm³/mol. The van der Waals surface area contributed by atoms with E-state index in [0.717, 1.165) is 12.8 Å². The van der Waals surface area contributed by atoms with E-state index >= 15 is 0 Å². The van der Waals surface area contributed by atoms with Gasteiger partial charge in [0.1, 0.15) is 5.69 Å². The Morgan fingerprint density at radius 2 is 1.96 bits per heavy atom. The van der Waals surface area contributed by atoms with Gasteiger partial charge in [0.15, 0.2) is 0 Å². The van der Waals surface area contributed by atoms with Crippen LogP contribution in [0.3, 0.4) is 0 Å². The zero-order valence-corrected chi connectivity index (χ0v) is 14.5. The number of nitrogens with one attached hydrogen (secondary N) is 2. The van der Waals surface area contributed by atoms with Gasteiger partial charge in [-0.25, -0.2) is 4.68 Å². The van der Waals surface area contributed by atoms with Crippen molar-refractivity contribution in [3.8, 4) is 12.3 Å². The maximum absolute atomic E-state index is 12.5. The van der Waals surface area contributed by atoms with Gasteiger partial charge in [-0.05, 0) is 24.6 Å². The topological polar surface area (TPSA) is 93.1 Å². The molecule has 0 radical (unpaired) electrons. The first-order chi connectivity index (χ1) is 12.6. The number of carbonyl (C=O) groups excluding carboxylic acids is 2. The molecular weight excluding hydrogens is 332 g/mol. The van der Waals surface area contributed by atoms with Crippen LogP contribution in [0.25, 0.3) is 0 Å². The number of amides is 2. The highest BCUT2D eigenvalue weighted by Crippen LogP contribution is 2.15. The summed E-state index contributed by atoms with van der Waals surface area (Å²) in [5, 5.41) is 9.31. The van der Waals surface area contributed by atoms with Crippen molar-refractivity contribution in [1.29, 1.82) is 0 Å². The normalized spacial score (nSPS) is 10.0. The van der Waals surface area contributed by atoms with E-state index in [1.165, 1.54) is 16.8 Å². The standard InChI is InChI=1S/C19H20N4O3/c1-3-5-13-23-17(24)11-10-16(22-23)19(26)21-15-9-7-6-8-14(15)18(25)20-12-4-2/h2,6-11H,3,5,12-13H2,1H3,(H,20,25)(H,21,26). The minimum Gasteiger partial charge on any atom is -0.341 e. The third-order valence-corrected chi connectivity index (χ3v) is 3.59. The number of unbranched alkanes of at least 4 members (excludes halogenated alkanes) is 1. The zero-order chi connectivity index (χ0) is 18.9. The molecule has 134 valence electrons. The minimum absolute atomic E-state index is 0.0884. The van der Waals surface area contributed by atoms with E-state index < -0.39 is 5.91 Å². The monoisotopic (exact) mass is 352 g/mol. The first-order valence-corrected chi connectivity index (χ1v) is 8.27. The van der Waals surface area contributed by atoms with Crippen molar-refractivity contribution in [3.63, 3.8) is 0 Å². The molecule has 2 amide bonds. The molecule has 0 bridgehead atoms. The van der Waals surface area contributed by atoms with Crippen LogP contribution in [0.2, 0.25) is 0 Å². The van der Waals surface area contributed by atoms with Crippen LogP contribution in [0, 0.1) is 12.3 Å². The van der Waals surface area contributed by atoms with Gasteiger partial charge in [0.25, 0.3) is 17.4 Å². The van der Waals surface area contributed by atoms with Crippen molar-refractivity contribution in [2.45, 2.75) is 26.3 Å². The molecule has 2 rings (SSSR count). The smallest absolute Gasteiger partial charge is 0.276 e. The van der Waals surface area contributed by atoms with Crippen molar-refractivity contribution < 1.29 is 9.59 Å². The second-order valence-corrected chi connectivity index (χ2v) is 5.52. The largest absolute Gasteiger partial charge is 0.341 e. The van der Waals surface area contributed by atoms with Crippen LogP contribution in [-0.4, -0.2) is 28.1 Å². The molecule has 0 atom stereocenters. The van der Waals surface area contributed by atoms with E-state index in [-0.39, 0.29) is 29.3 Å². The van der Waals surface area contributed by atoms with Crippen molar-refractivity contribution >= 4 is 17.5 Å². The summed E-state index contributed by atoms with van der Waals surface area (Å²) in [6.45, 7) is 2.54. The molecule has 0 saturated carbocycles. The Balaban J connectivity index is 2.22. The molecular formula is C19H20N4O3. The van der Waals surface area contributed by atoms with Crippen molar-refractivity contribution in [2.75, 3.05) is 11.9 Å². The lowest BCUT2D eigenvalue weighted by Crippen LogP contribution is -2.27. The Morgan fingerprint density at radius 1 is 1.19 bits per heavy atom. The number of aryl methyl sites for hydroxylation is 1. The van der Waals surface area contributed by atoms with Gasteiger partial charge in [-0.1, -0.05) is 31.4 Å². The van der Waals surface area contributed by atoms with Crippen LogP contribution in [-0.2, 0) is 6.54 Å². The first kappa shape index (κ1) is 18.9. The van der Waals surface area contributed by atoms with Gasteiger partial charge in [-0.15, -0.1) is 6.42 Å². The summed E-state index contributed by atoms with van der Waals surface area (Å²) in [5.41, 5.74) is 0.458. The zero-order valence-electron chi connectivity index (χ0n) is 14.5. The van der Waals surface area contributed by atoms with E-state index in [1.54, 1.807) is 24.3 Å². The molecule has 1 aromatic heterocycles. The predicted octanol–water partition coefficient (Wildman–Crippen LogP) is 1.66.